The summed E-state index contributed by atoms with van der Waals surface area (Å²) in [6.45, 7) is 7.39. The van der Waals surface area contributed by atoms with Gasteiger partial charge < -0.3 is 15.5 Å². The Balaban J connectivity index is 2.67. The van der Waals surface area contributed by atoms with Crippen molar-refractivity contribution >= 4 is 11.5 Å². The van der Waals surface area contributed by atoms with Crippen LogP contribution in [0.1, 0.15) is 13.8 Å². The average molecular weight is 225 g/mol. The van der Waals surface area contributed by atoms with Gasteiger partial charge in [-0.2, -0.15) is 5.10 Å². The lowest BCUT2D eigenvalue weighted by atomic mass is 10.2. The highest BCUT2D eigenvalue weighted by atomic mass is 15.2. The van der Waals surface area contributed by atoms with Crippen molar-refractivity contribution in [1.29, 1.82) is 0 Å². The van der Waals surface area contributed by atoms with E-state index in [1.807, 2.05) is 0 Å². The Morgan fingerprint density at radius 3 is 2.50 bits per heavy atom. The quantitative estimate of drug-likeness (QED) is 0.758. The summed E-state index contributed by atoms with van der Waals surface area (Å²) < 4.78 is 0. The zero-order chi connectivity index (χ0) is 12.1. The van der Waals surface area contributed by atoms with Crippen molar-refractivity contribution in [2.24, 2.45) is 5.92 Å². The topological polar surface area (TPSA) is 61.2 Å². The van der Waals surface area contributed by atoms with Gasteiger partial charge >= 0.3 is 0 Å². The van der Waals surface area contributed by atoms with E-state index in [-0.39, 0.29) is 0 Å². The third kappa shape index (κ3) is 3.73. The van der Waals surface area contributed by atoms with Crippen molar-refractivity contribution in [3.8, 4) is 0 Å². The molecule has 92 valence electrons. The summed E-state index contributed by atoms with van der Waals surface area (Å²) >= 11 is 0. The average Bonchev–Trinajstić information content (AvgIpc) is 2.58. The summed E-state index contributed by atoms with van der Waals surface area (Å²) in [6, 6.07) is 0. The lowest BCUT2D eigenvalue weighted by Gasteiger charge is -2.27. The molecular weight excluding hydrogens is 202 g/mol. The second-order valence-electron chi connectivity index (χ2n) is 4.81. The van der Waals surface area contributed by atoms with Crippen LogP contribution in [0.25, 0.3) is 0 Å². The summed E-state index contributed by atoms with van der Waals surface area (Å²) in [6.07, 6.45) is 1.80. The summed E-state index contributed by atoms with van der Waals surface area (Å²) in [5.41, 5.74) is 6.86. The zero-order valence-corrected chi connectivity index (χ0v) is 10.7. The van der Waals surface area contributed by atoms with Crippen LogP contribution in [0.3, 0.4) is 0 Å². The zero-order valence-electron chi connectivity index (χ0n) is 10.7. The fourth-order valence-electron chi connectivity index (χ4n) is 1.61. The lowest BCUT2D eigenvalue weighted by molar-refractivity contribution is 0.409. The normalized spacial score (nSPS) is 11.4. The van der Waals surface area contributed by atoms with Gasteiger partial charge in [-0.15, -0.1) is 0 Å². The molecule has 0 radical (unpaired) electrons. The summed E-state index contributed by atoms with van der Waals surface area (Å²) in [5.74, 6) is 1.26. The molecule has 1 aromatic rings. The first-order valence-electron chi connectivity index (χ1n) is 5.69. The van der Waals surface area contributed by atoms with Gasteiger partial charge in [0.25, 0.3) is 0 Å². The minimum atomic E-state index is 0.608. The van der Waals surface area contributed by atoms with Crippen LogP contribution in [0.4, 0.5) is 11.5 Å². The van der Waals surface area contributed by atoms with E-state index >= 15 is 0 Å². The van der Waals surface area contributed by atoms with Gasteiger partial charge in [0, 0.05) is 19.6 Å². The van der Waals surface area contributed by atoms with Gasteiger partial charge in [-0.1, -0.05) is 13.8 Å². The Bertz CT molecular complexity index is 305. The van der Waals surface area contributed by atoms with Crippen LogP contribution in [-0.4, -0.2) is 48.8 Å². The van der Waals surface area contributed by atoms with Crippen molar-refractivity contribution in [3.63, 3.8) is 0 Å². The largest absolute Gasteiger partial charge is 0.382 e. The highest BCUT2D eigenvalue weighted by Crippen LogP contribution is 2.20. The highest BCUT2D eigenvalue weighted by molar-refractivity contribution is 5.62. The van der Waals surface area contributed by atoms with Crippen LogP contribution in [0.15, 0.2) is 6.20 Å². The Morgan fingerprint density at radius 2 is 2.06 bits per heavy atom. The van der Waals surface area contributed by atoms with Crippen molar-refractivity contribution in [2.45, 2.75) is 13.8 Å². The molecule has 1 aromatic heterocycles. The Hall–Kier alpha value is -1.23. The predicted molar refractivity (Wildman–Crippen MR) is 68.6 cm³/mol. The minimum Gasteiger partial charge on any atom is -0.382 e. The van der Waals surface area contributed by atoms with Crippen molar-refractivity contribution in [2.75, 3.05) is 44.4 Å². The van der Waals surface area contributed by atoms with E-state index < -0.39 is 0 Å². The standard InChI is InChI=1S/C11H23N5/c1-9(2)8-16(6-5-15(3)4)10-7-13-14-11(10)12/h7,9H,5-6,8H2,1-4H3,(H3,12,13,14). The van der Waals surface area contributed by atoms with Gasteiger partial charge in [0.05, 0.1) is 11.9 Å². The summed E-state index contributed by atoms with van der Waals surface area (Å²) in [5, 5.41) is 6.75. The molecule has 0 bridgehead atoms. The van der Waals surface area contributed by atoms with E-state index in [2.05, 4.69) is 47.9 Å². The van der Waals surface area contributed by atoms with Crippen LogP contribution in [0.5, 0.6) is 0 Å². The molecule has 0 aliphatic rings. The van der Waals surface area contributed by atoms with Gasteiger partial charge in [0.1, 0.15) is 5.82 Å². The molecule has 0 aliphatic heterocycles. The molecule has 0 saturated carbocycles. The van der Waals surface area contributed by atoms with Crippen LogP contribution in [-0.2, 0) is 0 Å². The Kier molecular flexibility index (Phi) is 4.61. The molecule has 0 unspecified atom stereocenters. The first-order chi connectivity index (χ1) is 7.50. The number of nitrogens with zero attached hydrogens (tertiary/aromatic N) is 3. The fourth-order valence-corrected chi connectivity index (χ4v) is 1.61. The number of likely N-dealkylation sites (N-methyl/N-ethyl adjacent to an activating group) is 1. The number of nitrogens with two attached hydrogens (primary N) is 1. The van der Waals surface area contributed by atoms with E-state index in [1.54, 1.807) is 6.20 Å². The third-order valence-electron chi connectivity index (χ3n) is 2.39. The molecule has 0 atom stereocenters. The van der Waals surface area contributed by atoms with E-state index in [1.165, 1.54) is 0 Å². The minimum absolute atomic E-state index is 0.608. The molecule has 5 nitrogen and oxygen atoms in total. The number of hydrogen-bond acceptors (Lipinski definition) is 4. The molecule has 1 heterocycles. The SMILES string of the molecule is CC(C)CN(CCN(C)C)c1cn[nH]c1N. The summed E-state index contributed by atoms with van der Waals surface area (Å²) in [4.78, 5) is 4.45. The number of aromatic nitrogens is 2. The molecular formula is C11H23N5. The number of aromatic amines is 1. The van der Waals surface area contributed by atoms with Crippen molar-refractivity contribution in [1.82, 2.24) is 15.1 Å². The Morgan fingerprint density at radius 1 is 1.38 bits per heavy atom. The van der Waals surface area contributed by atoms with Gasteiger partial charge in [-0.05, 0) is 20.0 Å². The monoisotopic (exact) mass is 225 g/mol. The van der Waals surface area contributed by atoms with Gasteiger partial charge in [-0.3, -0.25) is 5.10 Å². The van der Waals surface area contributed by atoms with Crippen LogP contribution in [0, 0.1) is 5.92 Å². The molecule has 0 aliphatic carbocycles. The molecule has 0 saturated heterocycles. The number of nitrogens with one attached hydrogen (secondary N) is 1. The van der Waals surface area contributed by atoms with Crippen molar-refractivity contribution < 1.29 is 0 Å². The second kappa shape index (κ2) is 5.75. The Labute approximate surface area is 97.6 Å². The first-order valence-corrected chi connectivity index (χ1v) is 5.69. The number of nitrogen functional groups attached to an aromatic ring is 1. The molecule has 1 rings (SSSR count). The highest BCUT2D eigenvalue weighted by Gasteiger charge is 2.13. The number of hydrogen-bond donors (Lipinski definition) is 2. The van der Waals surface area contributed by atoms with Gasteiger partial charge in [0.15, 0.2) is 0 Å². The van der Waals surface area contributed by atoms with E-state index in [4.69, 9.17) is 5.73 Å². The summed E-state index contributed by atoms with van der Waals surface area (Å²) in [7, 11) is 4.15. The molecule has 5 heteroatoms. The van der Waals surface area contributed by atoms with Crippen LogP contribution in [0.2, 0.25) is 0 Å². The van der Waals surface area contributed by atoms with Crippen LogP contribution >= 0.6 is 0 Å². The van der Waals surface area contributed by atoms with Crippen molar-refractivity contribution in [3.05, 3.63) is 6.20 Å². The maximum atomic E-state index is 5.85. The maximum Gasteiger partial charge on any atom is 0.142 e. The van der Waals surface area contributed by atoms with E-state index in [9.17, 15) is 0 Å². The maximum absolute atomic E-state index is 5.85. The molecule has 0 fully saturated rings. The molecule has 0 amide bonds. The second-order valence-corrected chi connectivity index (χ2v) is 4.81. The molecule has 0 spiro atoms. The van der Waals surface area contributed by atoms with Crippen LogP contribution < -0.4 is 10.6 Å². The number of H-pyrrole nitrogens is 1. The number of rotatable bonds is 6. The van der Waals surface area contributed by atoms with Gasteiger partial charge in [-0.25, -0.2) is 0 Å². The van der Waals surface area contributed by atoms with Gasteiger partial charge in [0.2, 0.25) is 0 Å². The fraction of sp³-hybridized carbons (Fsp3) is 0.727. The smallest absolute Gasteiger partial charge is 0.142 e. The van der Waals surface area contributed by atoms with E-state index in [0.29, 0.717) is 11.7 Å². The lowest BCUT2D eigenvalue weighted by Crippen LogP contribution is -2.34. The molecule has 16 heavy (non-hydrogen) atoms. The molecule has 3 N–H and O–H groups in total. The number of anilines is 2. The third-order valence-corrected chi connectivity index (χ3v) is 2.39. The molecule has 0 aromatic carbocycles. The predicted octanol–water partition coefficient (Wildman–Crippen LogP) is 1.02. The van der Waals surface area contributed by atoms with E-state index in [0.717, 1.165) is 25.3 Å². The first kappa shape index (κ1) is 12.8.